The first-order valence-corrected chi connectivity index (χ1v) is 4.47. The van der Waals surface area contributed by atoms with Crippen LogP contribution < -0.4 is 0 Å². The molecule has 0 spiro atoms. The van der Waals surface area contributed by atoms with E-state index in [1.165, 1.54) is 10.9 Å². The minimum absolute atomic E-state index is 0.165. The number of carbonyl (C=O) groups excluding carboxylic acids is 1. The van der Waals surface area contributed by atoms with Gasteiger partial charge < -0.3 is 14.4 Å². The number of hydrogen-bond acceptors (Lipinski definition) is 4. The second-order valence-electron chi connectivity index (χ2n) is 2.92. The maximum atomic E-state index is 11.3. The third-order valence-electron chi connectivity index (χ3n) is 1.87. The van der Waals surface area contributed by atoms with Gasteiger partial charge in [-0.1, -0.05) is 0 Å². The van der Waals surface area contributed by atoms with Crippen molar-refractivity contribution in [2.45, 2.75) is 20.4 Å². The highest BCUT2D eigenvalue weighted by atomic mass is 16.5. The van der Waals surface area contributed by atoms with Crippen molar-refractivity contribution >= 4 is 11.9 Å². The normalized spacial score (nSPS) is 10.0. The van der Waals surface area contributed by atoms with Crippen molar-refractivity contribution < 1.29 is 19.4 Å². The summed E-state index contributed by atoms with van der Waals surface area (Å²) in [4.78, 5) is 25.6. The van der Waals surface area contributed by atoms with E-state index >= 15 is 0 Å². The number of carbonyl (C=O) groups is 2. The maximum absolute atomic E-state index is 11.3. The van der Waals surface area contributed by atoms with E-state index in [1.807, 2.05) is 0 Å². The Labute approximate surface area is 86.5 Å². The molecule has 0 aliphatic heterocycles. The van der Waals surface area contributed by atoms with Gasteiger partial charge in [-0.25, -0.2) is 9.78 Å². The lowest BCUT2D eigenvalue weighted by molar-refractivity contribution is -0.137. The second kappa shape index (κ2) is 4.59. The van der Waals surface area contributed by atoms with Gasteiger partial charge in [-0.15, -0.1) is 0 Å². The van der Waals surface area contributed by atoms with Crippen LogP contribution in [0.5, 0.6) is 0 Å². The molecule has 82 valence electrons. The molecule has 0 amide bonds. The third-order valence-corrected chi connectivity index (χ3v) is 1.87. The lowest BCUT2D eigenvalue weighted by atomic mass is 10.3. The van der Waals surface area contributed by atoms with E-state index in [4.69, 9.17) is 9.84 Å². The molecule has 1 rings (SSSR count). The minimum atomic E-state index is -0.981. The summed E-state index contributed by atoms with van der Waals surface area (Å²) < 4.78 is 6.15. The summed E-state index contributed by atoms with van der Waals surface area (Å²) in [5, 5.41) is 8.58. The van der Waals surface area contributed by atoms with Gasteiger partial charge in [-0.3, -0.25) is 4.79 Å². The molecule has 0 fully saturated rings. The van der Waals surface area contributed by atoms with Gasteiger partial charge in [0.15, 0.2) is 5.69 Å². The number of rotatable bonds is 4. The highest BCUT2D eigenvalue weighted by Crippen LogP contribution is 2.07. The minimum Gasteiger partial charge on any atom is -0.480 e. The molecule has 6 heteroatoms. The van der Waals surface area contributed by atoms with Crippen molar-refractivity contribution in [1.82, 2.24) is 9.55 Å². The fourth-order valence-corrected chi connectivity index (χ4v) is 1.15. The van der Waals surface area contributed by atoms with Gasteiger partial charge in [-0.05, 0) is 13.8 Å². The average Bonchev–Trinajstić information content (AvgIpc) is 2.48. The van der Waals surface area contributed by atoms with E-state index in [0.29, 0.717) is 5.69 Å². The van der Waals surface area contributed by atoms with Crippen LogP contribution in [0.1, 0.15) is 23.1 Å². The summed E-state index contributed by atoms with van der Waals surface area (Å²) >= 11 is 0. The van der Waals surface area contributed by atoms with E-state index in [2.05, 4.69) is 4.98 Å². The largest absolute Gasteiger partial charge is 0.480 e. The first-order valence-electron chi connectivity index (χ1n) is 4.47. The van der Waals surface area contributed by atoms with E-state index in [-0.39, 0.29) is 18.8 Å². The topological polar surface area (TPSA) is 81.4 Å². The molecule has 1 aromatic rings. The van der Waals surface area contributed by atoms with Crippen molar-refractivity contribution in [3.05, 3.63) is 17.7 Å². The summed E-state index contributed by atoms with van der Waals surface area (Å²) in [6, 6.07) is 0. The zero-order chi connectivity index (χ0) is 11.4. The number of esters is 1. The molecule has 0 atom stereocenters. The first-order chi connectivity index (χ1) is 7.06. The summed E-state index contributed by atoms with van der Waals surface area (Å²) in [6.45, 7) is 3.38. The van der Waals surface area contributed by atoms with Crippen LogP contribution in [-0.2, 0) is 16.1 Å². The van der Waals surface area contributed by atoms with Gasteiger partial charge in [0.25, 0.3) is 0 Å². The van der Waals surface area contributed by atoms with Gasteiger partial charge >= 0.3 is 11.9 Å². The predicted molar refractivity (Wildman–Crippen MR) is 50.6 cm³/mol. The quantitative estimate of drug-likeness (QED) is 0.733. The molecule has 1 heterocycles. The number of carboxylic acids is 1. The Bertz CT molecular complexity index is 383. The highest BCUT2D eigenvalue weighted by Gasteiger charge is 2.16. The standard InChI is InChI=1S/C9H12N2O4/c1-3-15-9(14)8-6(2)11(5-10-8)4-7(12)13/h5H,3-4H2,1-2H3,(H,12,13). The molecule has 0 radical (unpaired) electrons. The summed E-state index contributed by atoms with van der Waals surface area (Å²) in [7, 11) is 0. The maximum Gasteiger partial charge on any atom is 0.358 e. The van der Waals surface area contributed by atoms with Crippen molar-refractivity contribution in [1.29, 1.82) is 0 Å². The third kappa shape index (κ3) is 2.55. The first kappa shape index (κ1) is 11.2. The van der Waals surface area contributed by atoms with E-state index < -0.39 is 11.9 Å². The Hall–Kier alpha value is -1.85. The summed E-state index contributed by atoms with van der Waals surface area (Å²) in [5.41, 5.74) is 0.661. The van der Waals surface area contributed by atoms with Gasteiger partial charge in [0.05, 0.1) is 12.9 Å². The Balaban J connectivity index is 2.88. The molecule has 0 aliphatic carbocycles. The van der Waals surface area contributed by atoms with Crippen molar-refractivity contribution in [3.8, 4) is 0 Å². The highest BCUT2D eigenvalue weighted by molar-refractivity contribution is 5.88. The van der Waals surface area contributed by atoms with Crippen LogP contribution in [0.25, 0.3) is 0 Å². The number of aliphatic carboxylic acids is 1. The van der Waals surface area contributed by atoms with E-state index in [9.17, 15) is 9.59 Å². The predicted octanol–water partition coefficient (Wildman–Crippen LogP) is 0.453. The van der Waals surface area contributed by atoms with Crippen LogP contribution in [-0.4, -0.2) is 33.2 Å². The Kier molecular flexibility index (Phi) is 3.43. The molecule has 0 aromatic carbocycles. The molecule has 1 N–H and O–H groups in total. The number of nitrogens with zero attached hydrogens (tertiary/aromatic N) is 2. The average molecular weight is 212 g/mol. The number of imidazole rings is 1. The monoisotopic (exact) mass is 212 g/mol. The van der Waals surface area contributed by atoms with E-state index in [0.717, 1.165) is 0 Å². The van der Waals surface area contributed by atoms with Gasteiger partial charge in [-0.2, -0.15) is 0 Å². The van der Waals surface area contributed by atoms with E-state index in [1.54, 1.807) is 13.8 Å². The molecule has 0 unspecified atom stereocenters. The lowest BCUT2D eigenvalue weighted by Gasteiger charge is -2.02. The molecule has 1 aromatic heterocycles. The lowest BCUT2D eigenvalue weighted by Crippen LogP contribution is -2.11. The molecule has 0 saturated carbocycles. The smallest absolute Gasteiger partial charge is 0.358 e. The van der Waals surface area contributed by atoms with Crippen molar-refractivity contribution in [2.75, 3.05) is 6.61 Å². The fourth-order valence-electron chi connectivity index (χ4n) is 1.15. The van der Waals surface area contributed by atoms with Crippen LogP contribution in [0.3, 0.4) is 0 Å². The second-order valence-corrected chi connectivity index (χ2v) is 2.92. The number of ether oxygens (including phenoxy) is 1. The van der Waals surface area contributed by atoms with Gasteiger partial charge in [0.1, 0.15) is 6.54 Å². The van der Waals surface area contributed by atoms with Crippen molar-refractivity contribution in [2.24, 2.45) is 0 Å². The van der Waals surface area contributed by atoms with Gasteiger partial charge in [0, 0.05) is 5.69 Å². The number of carboxylic acid groups (broad SMARTS) is 1. The molecule has 6 nitrogen and oxygen atoms in total. The fraction of sp³-hybridized carbons (Fsp3) is 0.444. The summed E-state index contributed by atoms with van der Waals surface area (Å²) in [5.74, 6) is -1.51. The number of hydrogen-bond donors (Lipinski definition) is 1. The number of aromatic nitrogens is 2. The molecule has 0 saturated heterocycles. The van der Waals surface area contributed by atoms with Crippen LogP contribution >= 0.6 is 0 Å². The summed E-state index contributed by atoms with van der Waals surface area (Å²) in [6.07, 6.45) is 1.32. The zero-order valence-corrected chi connectivity index (χ0v) is 8.56. The molecular weight excluding hydrogens is 200 g/mol. The SMILES string of the molecule is CCOC(=O)c1ncn(CC(=O)O)c1C. The van der Waals surface area contributed by atoms with Crippen molar-refractivity contribution in [3.63, 3.8) is 0 Å². The van der Waals surface area contributed by atoms with Crippen LogP contribution in [0.15, 0.2) is 6.33 Å². The Morgan fingerprint density at radius 3 is 2.80 bits per heavy atom. The Morgan fingerprint density at radius 2 is 2.27 bits per heavy atom. The van der Waals surface area contributed by atoms with Crippen LogP contribution in [0, 0.1) is 6.92 Å². The zero-order valence-electron chi connectivity index (χ0n) is 8.56. The molecule has 15 heavy (non-hydrogen) atoms. The van der Waals surface area contributed by atoms with Gasteiger partial charge in [0.2, 0.25) is 0 Å². The Morgan fingerprint density at radius 1 is 1.60 bits per heavy atom. The molecular formula is C9H12N2O4. The van der Waals surface area contributed by atoms with Crippen LogP contribution in [0.4, 0.5) is 0 Å². The van der Waals surface area contributed by atoms with Crippen LogP contribution in [0.2, 0.25) is 0 Å². The molecule has 0 bridgehead atoms. The molecule has 0 aliphatic rings.